The normalized spacial score (nSPS) is 23.8. The van der Waals surface area contributed by atoms with Gasteiger partial charge in [-0.05, 0) is 25.3 Å². The number of H-pyrrole nitrogens is 1. The largest absolute Gasteiger partial charge is 0.338 e. The van der Waals surface area contributed by atoms with Crippen LogP contribution in [0.4, 0.5) is 4.79 Å². The third-order valence-corrected chi connectivity index (χ3v) is 6.39. The summed E-state index contributed by atoms with van der Waals surface area (Å²) in [7, 11) is 0. The van der Waals surface area contributed by atoms with Gasteiger partial charge in [0.1, 0.15) is 5.82 Å². The van der Waals surface area contributed by atoms with Crippen LogP contribution in [0.3, 0.4) is 0 Å². The zero-order valence-electron chi connectivity index (χ0n) is 16.4. The zero-order valence-corrected chi connectivity index (χ0v) is 16.4. The highest BCUT2D eigenvalue weighted by Gasteiger charge is 2.56. The van der Waals surface area contributed by atoms with Crippen molar-refractivity contribution in [1.82, 2.24) is 30.3 Å². The molecular weight excluding hydrogens is 352 g/mol. The first kappa shape index (κ1) is 17.7. The maximum absolute atomic E-state index is 12.2. The summed E-state index contributed by atoms with van der Waals surface area (Å²) in [5.74, 6) is 2.83. The Kier molecular flexibility index (Phi) is 4.34. The fourth-order valence-corrected chi connectivity index (χ4v) is 4.82. The van der Waals surface area contributed by atoms with Crippen molar-refractivity contribution in [3.05, 3.63) is 47.5 Å². The summed E-state index contributed by atoms with van der Waals surface area (Å²) < 4.78 is 0. The molecule has 2 amide bonds. The third-order valence-electron chi connectivity index (χ3n) is 6.39. The van der Waals surface area contributed by atoms with E-state index in [9.17, 15) is 4.79 Å². The molecule has 7 heteroatoms. The summed E-state index contributed by atoms with van der Waals surface area (Å²) in [5, 5.41) is 10.7. The number of benzene rings is 1. The van der Waals surface area contributed by atoms with E-state index in [1.165, 1.54) is 18.4 Å². The number of urea groups is 1. The van der Waals surface area contributed by atoms with Crippen LogP contribution in [0.5, 0.6) is 0 Å². The van der Waals surface area contributed by atoms with Gasteiger partial charge in [-0.3, -0.25) is 10.00 Å². The zero-order chi connectivity index (χ0) is 19.1. The van der Waals surface area contributed by atoms with E-state index in [-0.39, 0.29) is 11.4 Å². The molecule has 1 saturated carbocycles. The first-order chi connectivity index (χ1) is 13.7. The fourth-order valence-electron chi connectivity index (χ4n) is 4.82. The summed E-state index contributed by atoms with van der Waals surface area (Å²) in [6, 6.07) is 10.7. The average molecular weight is 380 g/mol. The van der Waals surface area contributed by atoms with Crippen LogP contribution in [-0.2, 0) is 6.54 Å². The van der Waals surface area contributed by atoms with Crippen LogP contribution in [0.1, 0.15) is 48.8 Å². The van der Waals surface area contributed by atoms with Gasteiger partial charge in [0.05, 0.1) is 0 Å². The molecule has 1 unspecified atom stereocenters. The smallest absolute Gasteiger partial charge is 0.317 e. The molecule has 2 aromatic rings. The van der Waals surface area contributed by atoms with Crippen molar-refractivity contribution in [2.24, 2.45) is 5.41 Å². The number of aromatic amines is 1. The lowest BCUT2D eigenvalue weighted by atomic mass is 9.71. The van der Waals surface area contributed by atoms with Crippen molar-refractivity contribution < 1.29 is 4.79 Å². The molecule has 0 bridgehead atoms. The van der Waals surface area contributed by atoms with Crippen molar-refractivity contribution in [3.63, 3.8) is 0 Å². The Balaban J connectivity index is 1.35. The summed E-state index contributed by atoms with van der Waals surface area (Å²) in [5.41, 5.74) is 1.40. The second kappa shape index (κ2) is 6.88. The second-order valence-corrected chi connectivity index (χ2v) is 8.61. The Morgan fingerprint density at radius 3 is 2.75 bits per heavy atom. The summed E-state index contributed by atoms with van der Waals surface area (Å²) >= 11 is 0. The minimum absolute atomic E-state index is 0.0459. The van der Waals surface area contributed by atoms with Crippen molar-refractivity contribution in [1.29, 1.82) is 0 Å². The SMILES string of the molecule is CCNC(=O)N1CC2(CN(Cc3ccccc3)CC2c2nc(C3CC3)n[nH]2)C1. The highest BCUT2D eigenvalue weighted by atomic mass is 16.2. The van der Waals surface area contributed by atoms with Gasteiger partial charge in [-0.1, -0.05) is 30.3 Å². The maximum Gasteiger partial charge on any atom is 0.317 e. The standard InChI is InChI=1S/C21H28N6O/c1-2-22-20(28)27-13-21(14-27)12-26(10-15-6-4-3-5-7-15)11-17(21)19-23-18(24-25-19)16-8-9-16/h3-7,16-17H,2,8-14H2,1H3,(H,22,28)(H,23,24,25). The predicted molar refractivity (Wildman–Crippen MR) is 106 cm³/mol. The molecule has 1 spiro atoms. The molecular formula is C21H28N6O. The van der Waals surface area contributed by atoms with Crippen LogP contribution in [0, 0.1) is 5.41 Å². The maximum atomic E-state index is 12.2. The molecule has 7 nitrogen and oxygen atoms in total. The van der Waals surface area contributed by atoms with Crippen LogP contribution in [-0.4, -0.2) is 63.7 Å². The third kappa shape index (κ3) is 3.17. The Morgan fingerprint density at radius 1 is 1.25 bits per heavy atom. The number of aromatic nitrogens is 3. The van der Waals surface area contributed by atoms with Gasteiger partial charge >= 0.3 is 6.03 Å². The van der Waals surface area contributed by atoms with E-state index in [4.69, 9.17) is 4.98 Å². The molecule has 2 saturated heterocycles. The summed E-state index contributed by atoms with van der Waals surface area (Å²) in [6.07, 6.45) is 2.41. The quantitative estimate of drug-likeness (QED) is 0.835. The van der Waals surface area contributed by atoms with Gasteiger partial charge in [-0.25, -0.2) is 9.78 Å². The monoisotopic (exact) mass is 380 g/mol. The van der Waals surface area contributed by atoms with Crippen molar-refractivity contribution in [3.8, 4) is 0 Å². The lowest BCUT2D eigenvalue weighted by Gasteiger charge is -2.50. The molecule has 2 aliphatic heterocycles. The second-order valence-electron chi connectivity index (χ2n) is 8.61. The molecule has 148 valence electrons. The predicted octanol–water partition coefficient (Wildman–Crippen LogP) is 2.31. The number of rotatable bonds is 5. The van der Waals surface area contributed by atoms with Gasteiger partial charge in [0.2, 0.25) is 0 Å². The topological polar surface area (TPSA) is 77.2 Å². The summed E-state index contributed by atoms with van der Waals surface area (Å²) in [4.78, 5) is 21.6. The number of carbonyl (C=O) groups is 1. The lowest BCUT2D eigenvalue weighted by molar-refractivity contribution is 0.0252. The Labute approximate surface area is 165 Å². The van der Waals surface area contributed by atoms with E-state index in [1.807, 2.05) is 11.8 Å². The number of hydrogen-bond donors (Lipinski definition) is 2. The van der Waals surface area contributed by atoms with Crippen molar-refractivity contribution in [2.75, 3.05) is 32.7 Å². The van der Waals surface area contributed by atoms with Crippen LogP contribution < -0.4 is 5.32 Å². The summed E-state index contributed by atoms with van der Waals surface area (Å²) in [6.45, 7) is 7.08. The van der Waals surface area contributed by atoms with E-state index in [2.05, 4.69) is 50.7 Å². The van der Waals surface area contributed by atoms with E-state index in [0.29, 0.717) is 18.4 Å². The van der Waals surface area contributed by atoms with Gasteiger partial charge in [0.25, 0.3) is 0 Å². The molecule has 1 aliphatic carbocycles. The highest BCUT2D eigenvalue weighted by molar-refractivity contribution is 5.75. The van der Waals surface area contributed by atoms with Gasteiger partial charge in [-0.15, -0.1) is 0 Å². The van der Waals surface area contributed by atoms with E-state index in [0.717, 1.165) is 44.4 Å². The average Bonchev–Trinajstić information content (AvgIpc) is 3.27. The van der Waals surface area contributed by atoms with Crippen LogP contribution in [0.2, 0.25) is 0 Å². The van der Waals surface area contributed by atoms with Crippen LogP contribution in [0.25, 0.3) is 0 Å². The first-order valence-corrected chi connectivity index (χ1v) is 10.4. The fraction of sp³-hybridized carbons (Fsp3) is 0.571. The first-order valence-electron chi connectivity index (χ1n) is 10.4. The van der Waals surface area contributed by atoms with Gasteiger partial charge in [0.15, 0.2) is 5.82 Å². The molecule has 3 aliphatic rings. The molecule has 1 aromatic carbocycles. The number of likely N-dealkylation sites (tertiary alicyclic amines) is 2. The van der Waals surface area contributed by atoms with Gasteiger partial charge in [-0.2, -0.15) is 5.10 Å². The van der Waals surface area contributed by atoms with E-state index in [1.54, 1.807) is 0 Å². The molecule has 28 heavy (non-hydrogen) atoms. The number of nitrogens with zero attached hydrogens (tertiary/aromatic N) is 4. The number of hydrogen-bond acceptors (Lipinski definition) is 4. The Bertz CT molecular complexity index is 840. The molecule has 1 aromatic heterocycles. The molecule has 0 radical (unpaired) electrons. The number of nitrogens with one attached hydrogen (secondary N) is 2. The molecule has 2 N–H and O–H groups in total. The molecule has 1 atom stereocenters. The van der Waals surface area contributed by atoms with Crippen LogP contribution >= 0.6 is 0 Å². The highest BCUT2D eigenvalue weighted by Crippen LogP contribution is 2.49. The van der Waals surface area contributed by atoms with E-state index >= 15 is 0 Å². The van der Waals surface area contributed by atoms with Gasteiger partial charge in [0, 0.05) is 56.5 Å². The minimum Gasteiger partial charge on any atom is -0.338 e. The lowest BCUT2D eigenvalue weighted by Crippen LogP contribution is -2.63. The Hall–Kier alpha value is -2.41. The van der Waals surface area contributed by atoms with E-state index < -0.39 is 0 Å². The van der Waals surface area contributed by atoms with Gasteiger partial charge < -0.3 is 10.2 Å². The minimum atomic E-state index is 0.0459. The number of amides is 2. The molecule has 5 rings (SSSR count). The number of carbonyl (C=O) groups excluding carboxylic acids is 1. The van der Waals surface area contributed by atoms with Crippen LogP contribution in [0.15, 0.2) is 30.3 Å². The van der Waals surface area contributed by atoms with Crippen molar-refractivity contribution >= 4 is 6.03 Å². The molecule has 3 heterocycles. The van der Waals surface area contributed by atoms with Crippen molar-refractivity contribution in [2.45, 2.75) is 38.1 Å². The molecule has 3 fully saturated rings. The Morgan fingerprint density at radius 2 is 2.04 bits per heavy atom.